The van der Waals surface area contributed by atoms with Crippen LogP contribution in [0.25, 0.3) is 10.1 Å². The molecule has 2 heterocycles. The molecule has 0 saturated carbocycles. The first kappa shape index (κ1) is 21.9. The third-order valence-electron chi connectivity index (χ3n) is 4.00. The molecule has 0 saturated heterocycles. The van der Waals surface area contributed by atoms with Crippen LogP contribution in [-0.4, -0.2) is 43.3 Å². The number of fused-ring (bicyclic) bond motifs is 1. The molecule has 0 radical (unpaired) electrons. The number of nitrogens with zero attached hydrogens (tertiary/aromatic N) is 2. The smallest absolute Gasteiger partial charge is 0.348 e. The molecule has 0 aliphatic rings. The molecule has 160 valence electrons. The summed E-state index contributed by atoms with van der Waals surface area (Å²) in [6.07, 6.45) is 2.42. The molecule has 0 spiro atoms. The average molecular weight is 455 g/mol. The van der Waals surface area contributed by atoms with Gasteiger partial charge in [-0.1, -0.05) is 6.07 Å². The Labute approximate surface area is 175 Å². The van der Waals surface area contributed by atoms with Crippen molar-refractivity contribution in [3.8, 4) is 0 Å². The van der Waals surface area contributed by atoms with E-state index in [2.05, 4.69) is 9.82 Å². The number of nitrogens with one attached hydrogen (secondary N) is 1. The number of rotatable bonds is 8. The molecule has 3 rings (SSSR count). The Kier molecular flexibility index (Phi) is 6.48. The monoisotopic (exact) mass is 455 g/mol. The largest absolute Gasteiger partial charge is 0.462 e. The Hall–Kier alpha value is -2.83. The van der Waals surface area contributed by atoms with E-state index < -0.39 is 40.9 Å². The number of hydrogen-bond donors (Lipinski definition) is 1. The second-order valence-electron chi connectivity index (χ2n) is 6.08. The number of hydrogen-bond acceptors (Lipinski definition) is 8. The normalized spacial score (nSPS) is 11.6. The van der Waals surface area contributed by atoms with E-state index in [9.17, 15) is 22.4 Å². The van der Waals surface area contributed by atoms with E-state index in [1.165, 1.54) is 23.0 Å². The predicted octanol–water partition coefficient (Wildman–Crippen LogP) is 1.97. The van der Waals surface area contributed by atoms with Crippen LogP contribution < -0.4 is 4.72 Å². The molecule has 0 fully saturated rings. The van der Waals surface area contributed by atoms with Crippen LogP contribution in [0.2, 0.25) is 0 Å². The van der Waals surface area contributed by atoms with Crippen LogP contribution in [0.4, 0.5) is 4.39 Å². The number of esters is 2. The van der Waals surface area contributed by atoms with Gasteiger partial charge in [-0.2, -0.15) is 9.82 Å². The molecule has 0 bridgehead atoms. The van der Waals surface area contributed by atoms with Crippen molar-refractivity contribution in [2.75, 3.05) is 13.2 Å². The molecule has 0 atom stereocenters. The lowest BCUT2D eigenvalue weighted by atomic mass is 10.1. The highest BCUT2D eigenvalue weighted by atomic mass is 32.2. The van der Waals surface area contributed by atoms with E-state index in [1.807, 2.05) is 0 Å². The summed E-state index contributed by atoms with van der Waals surface area (Å²) in [6.45, 7) is 0.712. The lowest BCUT2D eigenvalue weighted by Crippen LogP contribution is -2.30. The fraction of sp³-hybridized carbons (Fsp3) is 0.278. The summed E-state index contributed by atoms with van der Waals surface area (Å²) in [5, 5.41) is 3.92. The number of carbonyl (C=O) groups excluding carboxylic acids is 2. The van der Waals surface area contributed by atoms with Gasteiger partial charge in [-0.15, -0.1) is 11.3 Å². The topological polar surface area (TPSA) is 117 Å². The Morgan fingerprint density at radius 2 is 2.07 bits per heavy atom. The van der Waals surface area contributed by atoms with Gasteiger partial charge in [-0.25, -0.2) is 17.6 Å². The Bertz CT molecular complexity index is 1200. The van der Waals surface area contributed by atoms with Crippen molar-refractivity contribution in [1.29, 1.82) is 0 Å². The molecule has 12 heteroatoms. The van der Waals surface area contributed by atoms with Crippen LogP contribution in [-0.2, 0) is 37.9 Å². The van der Waals surface area contributed by atoms with Gasteiger partial charge < -0.3 is 9.47 Å². The van der Waals surface area contributed by atoms with Crippen LogP contribution in [0.1, 0.15) is 22.2 Å². The summed E-state index contributed by atoms with van der Waals surface area (Å²) in [5.74, 6) is -2.11. The minimum Gasteiger partial charge on any atom is -0.462 e. The first-order valence-electron chi connectivity index (χ1n) is 8.74. The summed E-state index contributed by atoms with van der Waals surface area (Å²) in [6, 6.07) is 4.38. The highest BCUT2D eigenvalue weighted by molar-refractivity contribution is 7.89. The van der Waals surface area contributed by atoms with Crippen molar-refractivity contribution in [2.24, 2.45) is 7.05 Å². The van der Waals surface area contributed by atoms with E-state index in [0.717, 1.165) is 17.5 Å². The van der Waals surface area contributed by atoms with Crippen LogP contribution in [0, 0.1) is 5.82 Å². The third-order valence-corrected chi connectivity index (χ3v) is 6.53. The van der Waals surface area contributed by atoms with Gasteiger partial charge in [0.25, 0.3) is 0 Å². The van der Waals surface area contributed by atoms with Gasteiger partial charge in [0.15, 0.2) is 0 Å². The lowest BCUT2D eigenvalue weighted by Gasteiger charge is -2.08. The molecule has 30 heavy (non-hydrogen) atoms. The fourth-order valence-electron chi connectivity index (χ4n) is 2.65. The molecule has 9 nitrogen and oxygen atoms in total. The number of ether oxygens (including phenoxy) is 2. The number of aromatic nitrogens is 2. The summed E-state index contributed by atoms with van der Waals surface area (Å²) in [5.41, 5.74) is 0.176. The summed E-state index contributed by atoms with van der Waals surface area (Å²) < 4.78 is 52.6. The number of benzene rings is 1. The maximum atomic E-state index is 14.3. The van der Waals surface area contributed by atoms with Crippen molar-refractivity contribution in [2.45, 2.75) is 18.4 Å². The van der Waals surface area contributed by atoms with Crippen molar-refractivity contribution < 1.29 is 31.9 Å². The minimum atomic E-state index is -3.94. The van der Waals surface area contributed by atoms with Crippen molar-refractivity contribution in [1.82, 2.24) is 14.5 Å². The lowest BCUT2D eigenvalue weighted by molar-refractivity contribution is -0.143. The van der Waals surface area contributed by atoms with Gasteiger partial charge in [-0.3, -0.25) is 9.48 Å². The highest BCUT2D eigenvalue weighted by Gasteiger charge is 2.23. The van der Waals surface area contributed by atoms with Gasteiger partial charge >= 0.3 is 11.9 Å². The number of carbonyl (C=O) groups is 2. The average Bonchev–Trinajstić information content (AvgIpc) is 3.30. The van der Waals surface area contributed by atoms with Gasteiger partial charge in [0.1, 0.15) is 28.7 Å². The van der Waals surface area contributed by atoms with Crippen molar-refractivity contribution in [3.05, 3.63) is 46.9 Å². The molecule has 0 amide bonds. The molecule has 0 aliphatic heterocycles. The second-order valence-corrected chi connectivity index (χ2v) is 8.90. The Morgan fingerprint density at radius 1 is 1.30 bits per heavy atom. The summed E-state index contributed by atoms with van der Waals surface area (Å²) >= 11 is 1.03. The zero-order chi connectivity index (χ0) is 21.9. The molecule has 1 aromatic carbocycles. The third kappa shape index (κ3) is 4.66. The zero-order valence-electron chi connectivity index (χ0n) is 16.0. The van der Waals surface area contributed by atoms with Crippen molar-refractivity contribution in [3.63, 3.8) is 0 Å². The Morgan fingerprint density at radius 3 is 2.73 bits per heavy atom. The van der Waals surface area contributed by atoms with E-state index in [1.54, 1.807) is 20.0 Å². The minimum absolute atomic E-state index is 0.103. The van der Waals surface area contributed by atoms with E-state index in [0.29, 0.717) is 4.70 Å². The van der Waals surface area contributed by atoms with Crippen LogP contribution >= 0.6 is 11.3 Å². The van der Waals surface area contributed by atoms with Crippen LogP contribution in [0.3, 0.4) is 0 Å². The summed E-state index contributed by atoms with van der Waals surface area (Å²) in [7, 11) is -2.39. The van der Waals surface area contributed by atoms with E-state index in [4.69, 9.17) is 9.47 Å². The molecule has 3 aromatic rings. The molecule has 2 aromatic heterocycles. The van der Waals surface area contributed by atoms with Gasteiger partial charge in [0, 0.05) is 28.9 Å². The number of halogens is 1. The maximum Gasteiger partial charge on any atom is 0.348 e. The number of thiophene rings is 1. The maximum absolute atomic E-state index is 14.3. The number of sulfonamides is 1. The van der Waals surface area contributed by atoms with Crippen LogP contribution in [0.5, 0.6) is 0 Å². The van der Waals surface area contributed by atoms with Crippen LogP contribution in [0.15, 0.2) is 35.5 Å². The molecule has 0 aliphatic carbocycles. The van der Waals surface area contributed by atoms with Gasteiger partial charge in [-0.05, 0) is 19.1 Å². The molecular formula is C18H18FN3O6S2. The summed E-state index contributed by atoms with van der Waals surface area (Å²) in [4.78, 5) is 24.3. The van der Waals surface area contributed by atoms with E-state index in [-0.39, 0.29) is 27.3 Å². The second kappa shape index (κ2) is 8.90. The molecule has 0 unspecified atom stereocenters. The SMILES string of the molecule is CCOC(=O)c1sc2cccc(F)c2c1COC(=O)CNS(=O)(=O)c1cnn(C)c1. The number of aryl methyl sites for hydroxylation is 1. The van der Waals surface area contributed by atoms with E-state index >= 15 is 0 Å². The van der Waals surface area contributed by atoms with Gasteiger partial charge in [0.05, 0.1) is 12.8 Å². The Balaban J connectivity index is 1.74. The van der Waals surface area contributed by atoms with Gasteiger partial charge in [0.2, 0.25) is 10.0 Å². The standard InChI is InChI=1S/C18H18FN3O6S2/c1-3-27-18(24)17-12(16-13(19)5-4-6-14(16)29-17)10-28-15(23)8-21-30(25,26)11-7-20-22(2)9-11/h4-7,9,21H,3,8,10H2,1-2H3. The van der Waals surface area contributed by atoms with Crippen molar-refractivity contribution >= 4 is 43.4 Å². The zero-order valence-corrected chi connectivity index (χ0v) is 17.7. The molecule has 1 N–H and O–H groups in total. The predicted molar refractivity (Wildman–Crippen MR) is 106 cm³/mol. The first-order chi connectivity index (χ1) is 14.2. The highest BCUT2D eigenvalue weighted by Crippen LogP contribution is 2.34. The molecular weight excluding hydrogens is 437 g/mol. The fourth-order valence-corrected chi connectivity index (χ4v) is 4.71. The quantitative estimate of drug-likeness (QED) is 0.516. The first-order valence-corrected chi connectivity index (χ1v) is 11.0.